The van der Waals surface area contributed by atoms with E-state index in [1.54, 1.807) is 0 Å². The first-order chi connectivity index (χ1) is 19.8. The first-order valence-electron chi connectivity index (χ1n) is 15.2. The third-order valence-corrected chi connectivity index (χ3v) is 11.5. The summed E-state index contributed by atoms with van der Waals surface area (Å²) in [6, 6.07) is 8.07. The summed E-state index contributed by atoms with van der Waals surface area (Å²) < 4.78 is 63.4. The van der Waals surface area contributed by atoms with E-state index in [4.69, 9.17) is 18.9 Å². The zero-order valence-electron chi connectivity index (χ0n) is 24.2. The normalized spacial score (nSPS) is 40.3. The van der Waals surface area contributed by atoms with Gasteiger partial charge in [-0.3, -0.25) is 0 Å². The molecular weight excluding hydrogens is 549 g/mol. The first-order valence-corrected chi connectivity index (χ1v) is 15.2. The van der Waals surface area contributed by atoms with Crippen molar-refractivity contribution in [3.63, 3.8) is 0 Å². The monoisotopic (exact) mass is 588 g/mol. The van der Waals surface area contributed by atoms with Gasteiger partial charge in [-0.1, -0.05) is 42.7 Å². The molecule has 1 spiro atoms. The van der Waals surface area contributed by atoms with Crippen LogP contribution >= 0.6 is 0 Å². The van der Waals surface area contributed by atoms with Crippen LogP contribution in [0.2, 0.25) is 0 Å². The summed E-state index contributed by atoms with van der Waals surface area (Å²) in [5, 5.41) is 24.0. The van der Waals surface area contributed by atoms with E-state index in [-0.39, 0.29) is 24.2 Å². The molecule has 42 heavy (non-hydrogen) atoms. The van der Waals surface area contributed by atoms with Crippen LogP contribution in [0.25, 0.3) is 0 Å². The van der Waals surface area contributed by atoms with Gasteiger partial charge in [0.25, 0.3) is 0 Å². The molecule has 3 saturated carbocycles. The molecule has 0 amide bonds. The largest absolute Gasteiger partial charge is 0.457 e. The van der Waals surface area contributed by atoms with Crippen LogP contribution in [0, 0.1) is 29.1 Å². The van der Waals surface area contributed by atoms with Crippen molar-refractivity contribution in [3.05, 3.63) is 46.5 Å². The SMILES string of the molecule is CC1(c2ccc(C3CC4(C)C(CCC4(O)C#CC(F)(F)F)C4CCC5(O)CC6(CCC5=C34)OCCO6)cc2)OCCO1. The Morgan fingerprint density at radius 2 is 1.55 bits per heavy atom. The molecule has 0 bridgehead atoms. The average Bonchev–Trinajstić information content (AvgIpc) is 3.65. The third-order valence-electron chi connectivity index (χ3n) is 11.5. The third kappa shape index (κ3) is 4.40. The minimum Gasteiger partial charge on any atom is -0.385 e. The van der Waals surface area contributed by atoms with Gasteiger partial charge in [0.05, 0.1) is 32.0 Å². The fraction of sp³-hybridized carbons (Fsp3) is 0.697. The lowest BCUT2D eigenvalue weighted by atomic mass is 9.49. The van der Waals surface area contributed by atoms with Gasteiger partial charge in [0, 0.05) is 35.7 Å². The van der Waals surface area contributed by atoms with Crippen molar-refractivity contribution in [1.82, 2.24) is 0 Å². The van der Waals surface area contributed by atoms with Crippen molar-refractivity contribution in [2.24, 2.45) is 17.3 Å². The highest BCUT2D eigenvalue weighted by Gasteiger charge is 2.64. The van der Waals surface area contributed by atoms with Crippen LogP contribution in [0.4, 0.5) is 13.2 Å². The molecule has 9 heteroatoms. The second-order valence-electron chi connectivity index (χ2n) is 13.6. The van der Waals surface area contributed by atoms with Crippen LogP contribution < -0.4 is 0 Å². The number of hydrogen-bond donors (Lipinski definition) is 2. The van der Waals surface area contributed by atoms with Crippen molar-refractivity contribution in [1.29, 1.82) is 0 Å². The van der Waals surface area contributed by atoms with Gasteiger partial charge in [0.1, 0.15) is 5.60 Å². The summed E-state index contributed by atoms with van der Waals surface area (Å²) >= 11 is 0. The molecule has 2 N–H and O–H groups in total. The maximum absolute atomic E-state index is 13.2. The summed E-state index contributed by atoms with van der Waals surface area (Å²) in [6.07, 6.45) is -0.558. The summed E-state index contributed by atoms with van der Waals surface area (Å²) in [5.41, 5.74) is 0.451. The van der Waals surface area contributed by atoms with Gasteiger partial charge in [-0.25, -0.2) is 0 Å². The Kier molecular flexibility index (Phi) is 6.54. The number of benzene rings is 1. The van der Waals surface area contributed by atoms with E-state index in [1.807, 2.05) is 38.1 Å². The highest BCUT2D eigenvalue weighted by atomic mass is 19.4. The number of allylic oxidation sites excluding steroid dienone is 1. The van der Waals surface area contributed by atoms with E-state index in [2.05, 4.69) is 5.92 Å². The van der Waals surface area contributed by atoms with Gasteiger partial charge in [0.15, 0.2) is 11.6 Å². The molecule has 4 aliphatic carbocycles. The molecular formula is C33H39F3O6. The smallest absolute Gasteiger partial charge is 0.385 e. The fourth-order valence-corrected chi connectivity index (χ4v) is 9.40. The lowest BCUT2D eigenvalue weighted by molar-refractivity contribution is -0.208. The molecule has 6 nitrogen and oxygen atoms in total. The predicted molar refractivity (Wildman–Crippen MR) is 146 cm³/mol. The minimum atomic E-state index is -4.68. The van der Waals surface area contributed by atoms with Gasteiger partial charge in [-0.2, -0.15) is 13.2 Å². The van der Waals surface area contributed by atoms with Crippen molar-refractivity contribution < 1.29 is 42.3 Å². The molecule has 1 aromatic rings. The molecule has 7 rings (SSSR count). The number of aliphatic hydroxyl groups is 2. The molecule has 6 aliphatic rings. The number of hydrogen-bond acceptors (Lipinski definition) is 6. The molecule has 1 aromatic carbocycles. The number of rotatable bonds is 2. The van der Waals surface area contributed by atoms with E-state index in [0.29, 0.717) is 71.4 Å². The quantitative estimate of drug-likeness (QED) is 0.353. The predicted octanol–water partition coefficient (Wildman–Crippen LogP) is 5.47. The molecule has 5 fully saturated rings. The summed E-state index contributed by atoms with van der Waals surface area (Å²) in [5.74, 6) is 1.92. The zero-order chi connectivity index (χ0) is 29.6. The van der Waals surface area contributed by atoms with Crippen LogP contribution in [0.3, 0.4) is 0 Å². The maximum atomic E-state index is 13.2. The topological polar surface area (TPSA) is 77.4 Å². The van der Waals surface area contributed by atoms with E-state index in [1.165, 1.54) is 11.5 Å². The van der Waals surface area contributed by atoms with Crippen molar-refractivity contribution in [2.45, 2.75) is 100 Å². The Morgan fingerprint density at radius 1 is 0.881 bits per heavy atom. The highest BCUT2D eigenvalue weighted by molar-refractivity contribution is 5.45. The fourth-order valence-electron chi connectivity index (χ4n) is 9.40. The lowest BCUT2D eigenvalue weighted by Gasteiger charge is -2.57. The van der Waals surface area contributed by atoms with Gasteiger partial charge >= 0.3 is 6.18 Å². The first kappa shape index (κ1) is 28.8. The average molecular weight is 589 g/mol. The number of alkyl halides is 3. The molecule has 6 unspecified atom stereocenters. The Balaban J connectivity index is 1.33. The van der Waals surface area contributed by atoms with Crippen molar-refractivity contribution in [2.75, 3.05) is 26.4 Å². The van der Waals surface area contributed by atoms with E-state index in [9.17, 15) is 23.4 Å². The summed E-state index contributed by atoms with van der Waals surface area (Å²) in [6.45, 7) is 5.89. The van der Waals surface area contributed by atoms with E-state index in [0.717, 1.165) is 16.7 Å². The van der Waals surface area contributed by atoms with Crippen LogP contribution in [0.5, 0.6) is 0 Å². The summed E-state index contributed by atoms with van der Waals surface area (Å²) in [4.78, 5) is 0. The second kappa shape index (κ2) is 9.53. The maximum Gasteiger partial charge on any atom is 0.457 e. The van der Waals surface area contributed by atoms with Crippen molar-refractivity contribution in [3.8, 4) is 11.8 Å². The van der Waals surface area contributed by atoms with Crippen LogP contribution in [-0.4, -0.2) is 59.8 Å². The Hall–Kier alpha value is -1.93. The van der Waals surface area contributed by atoms with Gasteiger partial charge in [-0.15, -0.1) is 0 Å². The zero-order valence-corrected chi connectivity index (χ0v) is 24.2. The standard InChI is InChI=1S/C33H39F3O6/c1-28-19-24(21-3-5-22(6-4-21)29(2)39-15-16-40-29)27-23(25(28)8-11-31(28,38)13-14-33(34,35)36)7-10-30(37)20-32(12-9-26(27)30)41-17-18-42-32/h3-6,23-25,37-38H,7-12,15-20H2,1-2H3. The second-order valence-corrected chi connectivity index (χ2v) is 13.6. The number of halogens is 3. The van der Waals surface area contributed by atoms with Gasteiger partial charge in [-0.05, 0) is 68.4 Å². The van der Waals surface area contributed by atoms with Gasteiger partial charge < -0.3 is 29.2 Å². The molecule has 6 atom stereocenters. The lowest BCUT2D eigenvalue weighted by Crippen LogP contribution is -2.55. The Bertz CT molecular complexity index is 1330. The van der Waals surface area contributed by atoms with Crippen molar-refractivity contribution >= 4 is 0 Å². The molecule has 2 aliphatic heterocycles. The highest BCUT2D eigenvalue weighted by Crippen LogP contribution is 2.68. The van der Waals surface area contributed by atoms with E-state index >= 15 is 0 Å². The Morgan fingerprint density at radius 3 is 2.21 bits per heavy atom. The van der Waals surface area contributed by atoms with Gasteiger partial charge in [0.2, 0.25) is 0 Å². The van der Waals surface area contributed by atoms with Crippen LogP contribution in [0.15, 0.2) is 35.4 Å². The number of fused-ring (bicyclic) bond motifs is 4. The molecule has 2 heterocycles. The molecule has 0 radical (unpaired) electrons. The summed E-state index contributed by atoms with van der Waals surface area (Å²) in [7, 11) is 0. The molecule has 0 aromatic heterocycles. The minimum absolute atomic E-state index is 0.0314. The Labute approximate surface area is 244 Å². The molecule has 2 saturated heterocycles. The van der Waals surface area contributed by atoms with E-state index < -0.39 is 34.4 Å². The molecule has 228 valence electrons. The van der Waals surface area contributed by atoms with Crippen LogP contribution in [0.1, 0.15) is 82.3 Å². The van der Waals surface area contributed by atoms with Crippen LogP contribution in [-0.2, 0) is 24.7 Å². The number of ether oxygens (including phenoxy) is 4.